The summed E-state index contributed by atoms with van der Waals surface area (Å²) in [4.78, 5) is 2.16. The number of hydrogen-bond acceptors (Lipinski definition) is 4. The molecule has 0 unspecified atom stereocenters. The van der Waals surface area contributed by atoms with Crippen LogP contribution in [0.25, 0.3) is 59.1 Å². The first kappa shape index (κ1) is 18.1. The van der Waals surface area contributed by atoms with Crippen molar-refractivity contribution in [2.45, 2.75) is 6.92 Å². The molecule has 0 saturated heterocycles. The van der Waals surface area contributed by atoms with E-state index in [-0.39, 0.29) is 5.57 Å². The highest BCUT2D eigenvalue weighted by Gasteiger charge is 2.30. The lowest BCUT2D eigenvalue weighted by Gasteiger charge is -2.04. The maximum Gasteiger partial charge on any atom is 0.138 e. The molecule has 2 aliphatic rings. The molecule has 4 aromatic rings. The molecule has 2 aromatic carbocycles. The molecule has 0 radical (unpaired) electrons. The van der Waals surface area contributed by atoms with E-state index in [1.54, 1.807) is 22.7 Å². The van der Waals surface area contributed by atoms with E-state index in [1.807, 2.05) is 12.1 Å². The van der Waals surface area contributed by atoms with E-state index in [2.05, 4.69) is 72.3 Å². The largest absolute Gasteiger partial charge is 0.192 e. The van der Waals surface area contributed by atoms with Gasteiger partial charge in [-0.1, -0.05) is 42.5 Å². The van der Waals surface area contributed by atoms with E-state index in [0.29, 0.717) is 0 Å². The van der Waals surface area contributed by atoms with Crippen LogP contribution < -0.4 is 5.22 Å². The number of rotatable bonds is 2. The van der Waals surface area contributed by atoms with Gasteiger partial charge in [-0.05, 0) is 56.9 Å². The third kappa shape index (κ3) is 2.35. The van der Waals surface area contributed by atoms with Crippen LogP contribution in [-0.4, -0.2) is 0 Å². The third-order valence-corrected chi connectivity index (χ3v) is 7.83. The number of thiophene rings is 2. The summed E-state index contributed by atoms with van der Waals surface area (Å²) in [5.41, 5.74) is 5.73. The fourth-order valence-corrected chi connectivity index (χ4v) is 6.42. The zero-order valence-corrected chi connectivity index (χ0v) is 18.2. The minimum Gasteiger partial charge on any atom is -0.192 e. The van der Waals surface area contributed by atoms with Crippen LogP contribution in [0.2, 0.25) is 0 Å². The second kappa shape index (κ2) is 6.65. The Balaban J connectivity index is 2.01. The fraction of sp³-hybridized carbons (Fsp3) is 0.0370. The van der Waals surface area contributed by atoms with Gasteiger partial charge in [0.15, 0.2) is 0 Å². The monoisotopic (exact) mass is 430 g/mol. The van der Waals surface area contributed by atoms with Gasteiger partial charge >= 0.3 is 0 Å². The Bertz CT molecular complexity index is 1600. The Morgan fingerprint density at radius 3 is 1.81 bits per heavy atom. The van der Waals surface area contributed by atoms with Gasteiger partial charge in [0.1, 0.15) is 17.7 Å². The summed E-state index contributed by atoms with van der Waals surface area (Å²) in [7, 11) is 0. The van der Waals surface area contributed by atoms with Gasteiger partial charge in [0.25, 0.3) is 0 Å². The van der Waals surface area contributed by atoms with Crippen LogP contribution in [0, 0.1) is 29.6 Å². The lowest BCUT2D eigenvalue weighted by atomic mass is 10.00. The Morgan fingerprint density at radius 1 is 0.677 bits per heavy atom. The van der Waals surface area contributed by atoms with E-state index in [9.17, 15) is 10.5 Å². The van der Waals surface area contributed by atoms with Gasteiger partial charge in [-0.25, -0.2) is 0 Å². The second-order valence-electron chi connectivity index (χ2n) is 7.59. The maximum atomic E-state index is 9.90. The van der Waals surface area contributed by atoms with Crippen LogP contribution >= 0.6 is 22.7 Å². The van der Waals surface area contributed by atoms with E-state index in [0.717, 1.165) is 37.2 Å². The summed E-state index contributed by atoms with van der Waals surface area (Å²) in [5, 5.41) is 29.6. The second-order valence-corrected chi connectivity index (χ2v) is 9.48. The lowest BCUT2D eigenvalue weighted by Crippen LogP contribution is -2.07. The van der Waals surface area contributed by atoms with E-state index in [4.69, 9.17) is 0 Å². The number of nitriles is 2. The van der Waals surface area contributed by atoms with Crippen LogP contribution in [0.1, 0.15) is 5.56 Å². The number of fused-ring (bicyclic) bond motifs is 3. The van der Waals surface area contributed by atoms with Crippen molar-refractivity contribution in [2.75, 3.05) is 0 Å². The van der Waals surface area contributed by atoms with Gasteiger partial charge in [-0.15, -0.1) is 22.7 Å². The molecular weight excluding hydrogens is 416 g/mol. The molecule has 2 aliphatic carbocycles. The number of benzene rings is 2. The van der Waals surface area contributed by atoms with Crippen LogP contribution in [0.15, 0.2) is 65.4 Å². The molecule has 0 bridgehead atoms. The summed E-state index contributed by atoms with van der Waals surface area (Å²) < 4.78 is 0. The first-order chi connectivity index (χ1) is 15.2. The van der Waals surface area contributed by atoms with Crippen LogP contribution in [0.3, 0.4) is 0 Å². The molecule has 0 fully saturated rings. The van der Waals surface area contributed by atoms with Crippen LogP contribution in [0.5, 0.6) is 0 Å². The van der Waals surface area contributed by atoms with Crippen molar-refractivity contribution in [1.82, 2.24) is 0 Å². The van der Waals surface area contributed by atoms with Crippen LogP contribution in [-0.2, 0) is 0 Å². The average molecular weight is 431 g/mol. The zero-order valence-electron chi connectivity index (χ0n) is 16.6. The van der Waals surface area contributed by atoms with Gasteiger partial charge in [0, 0.05) is 37.2 Å². The molecule has 0 atom stereocenters. The van der Waals surface area contributed by atoms with Crippen LogP contribution in [0.4, 0.5) is 0 Å². The topological polar surface area (TPSA) is 47.6 Å². The number of aryl methyl sites for hydroxylation is 1. The Labute approximate surface area is 187 Å². The molecule has 0 amide bonds. The van der Waals surface area contributed by atoms with Crippen molar-refractivity contribution in [2.24, 2.45) is 0 Å². The van der Waals surface area contributed by atoms with Gasteiger partial charge in [0.05, 0.1) is 0 Å². The zero-order chi connectivity index (χ0) is 21.1. The minimum absolute atomic E-state index is 0.169. The maximum absolute atomic E-state index is 9.90. The summed E-state index contributed by atoms with van der Waals surface area (Å²) in [5.74, 6) is 0. The van der Waals surface area contributed by atoms with Crippen molar-refractivity contribution in [3.63, 3.8) is 0 Å². The van der Waals surface area contributed by atoms with Crippen molar-refractivity contribution >= 4 is 49.8 Å². The Kier molecular flexibility index (Phi) is 3.88. The highest BCUT2D eigenvalue weighted by molar-refractivity contribution is 7.14. The summed E-state index contributed by atoms with van der Waals surface area (Å²) in [6, 6.07) is 23.4. The highest BCUT2D eigenvalue weighted by Crippen LogP contribution is 2.52. The molecule has 31 heavy (non-hydrogen) atoms. The summed E-state index contributed by atoms with van der Waals surface area (Å²) >= 11 is 3.30. The van der Waals surface area contributed by atoms with Crippen molar-refractivity contribution in [3.8, 4) is 44.1 Å². The normalized spacial score (nSPS) is 11.3. The molecule has 4 heteroatoms. The van der Waals surface area contributed by atoms with E-state index < -0.39 is 0 Å². The molecule has 6 rings (SSSR count). The number of hydrogen-bond donors (Lipinski definition) is 0. The molecule has 0 saturated carbocycles. The SMILES string of the molecule is Cc1ccc2c3c(-c4cccs4)c(=C(C#N)C#N)c(-c4cccs4)c-3c3cccc1c32. The predicted octanol–water partition coefficient (Wildman–Crippen LogP) is 7.22. The predicted molar refractivity (Wildman–Crippen MR) is 130 cm³/mol. The molecular formula is C27H14N2S2. The Morgan fingerprint density at radius 2 is 1.26 bits per heavy atom. The fourth-order valence-electron chi connectivity index (χ4n) is 4.85. The molecule has 0 N–H and O–H groups in total. The molecule has 144 valence electrons. The lowest BCUT2D eigenvalue weighted by molar-refractivity contribution is 1.50. The van der Waals surface area contributed by atoms with E-state index >= 15 is 0 Å². The molecule has 0 aliphatic heterocycles. The first-order valence-corrected chi connectivity index (χ1v) is 11.7. The summed E-state index contributed by atoms with van der Waals surface area (Å²) in [6.07, 6.45) is 0. The third-order valence-electron chi connectivity index (χ3n) is 6.06. The molecule has 2 aromatic heterocycles. The summed E-state index contributed by atoms with van der Waals surface area (Å²) in [6.45, 7) is 2.15. The van der Waals surface area contributed by atoms with Gasteiger partial charge in [-0.2, -0.15) is 10.5 Å². The molecule has 2 heterocycles. The Hall–Kier alpha value is -3.70. The average Bonchev–Trinajstić information content (AvgIpc) is 3.57. The van der Waals surface area contributed by atoms with Gasteiger partial charge < -0.3 is 0 Å². The minimum atomic E-state index is 0.169. The smallest absolute Gasteiger partial charge is 0.138 e. The van der Waals surface area contributed by atoms with Crippen molar-refractivity contribution in [1.29, 1.82) is 10.5 Å². The van der Waals surface area contributed by atoms with E-state index in [1.165, 1.54) is 27.1 Å². The van der Waals surface area contributed by atoms with Gasteiger partial charge in [-0.3, -0.25) is 0 Å². The van der Waals surface area contributed by atoms with Crippen molar-refractivity contribution in [3.05, 3.63) is 76.1 Å². The standard InChI is InChI=1S/C27H14N2S2/c1-15-9-10-19-23-17(15)5-2-6-18(23)24-25(19)27(21-8-4-12-31-21)22(16(13-28)14-29)26(24)20-7-3-11-30-20/h2-12H,1H3. The number of nitrogens with zero attached hydrogens (tertiary/aromatic N) is 2. The molecule has 0 spiro atoms. The quantitative estimate of drug-likeness (QED) is 0.291. The highest BCUT2D eigenvalue weighted by atomic mass is 32.1. The van der Waals surface area contributed by atoms with Gasteiger partial charge in [0.2, 0.25) is 0 Å². The molecule has 2 nitrogen and oxygen atoms in total. The first-order valence-electron chi connectivity index (χ1n) is 9.89. The van der Waals surface area contributed by atoms with Crippen molar-refractivity contribution < 1.29 is 0 Å².